The van der Waals surface area contributed by atoms with Crippen molar-refractivity contribution in [2.75, 3.05) is 26.8 Å². The van der Waals surface area contributed by atoms with E-state index < -0.39 is 0 Å². The standard InChI is InChI=1S/C16H32N2O/c1-13(2)15-6-4-5-9-16(15,12-17)18(3)14-7-10-19-11-8-14/h13-15H,4-12,17H2,1-3H3. The molecular formula is C16H32N2O. The average molecular weight is 268 g/mol. The van der Waals surface area contributed by atoms with Crippen LogP contribution in [0.5, 0.6) is 0 Å². The second-order valence-electron chi connectivity index (χ2n) is 6.86. The molecule has 0 aromatic heterocycles. The van der Waals surface area contributed by atoms with Crippen LogP contribution >= 0.6 is 0 Å². The lowest BCUT2D eigenvalue weighted by Crippen LogP contribution is -2.63. The number of nitrogens with zero attached hydrogens (tertiary/aromatic N) is 1. The Balaban J connectivity index is 2.17. The number of hydrogen-bond acceptors (Lipinski definition) is 3. The molecule has 1 aliphatic carbocycles. The van der Waals surface area contributed by atoms with Crippen LogP contribution in [0.3, 0.4) is 0 Å². The third-order valence-corrected chi connectivity index (χ3v) is 5.66. The zero-order chi connectivity index (χ0) is 13.9. The van der Waals surface area contributed by atoms with E-state index in [-0.39, 0.29) is 5.54 Å². The fourth-order valence-electron chi connectivity index (χ4n) is 4.47. The van der Waals surface area contributed by atoms with Crippen molar-refractivity contribution in [1.82, 2.24) is 4.90 Å². The summed E-state index contributed by atoms with van der Waals surface area (Å²) in [6.07, 6.45) is 7.69. The predicted molar refractivity (Wildman–Crippen MR) is 80.2 cm³/mol. The van der Waals surface area contributed by atoms with E-state index in [1.165, 1.54) is 38.5 Å². The Morgan fingerprint density at radius 1 is 1.21 bits per heavy atom. The zero-order valence-electron chi connectivity index (χ0n) is 13.0. The topological polar surface area (TPSA) is 38.5 Å². The lowest BCUT2D eigenvalue weighted by molar-refractivity contribution is -0.0539. The monoisotopic (exact) mass is 268 g/mol. The summed E-state index contributed by atoms with van der Waals surface area (Å²) in [6.45, 7) is 7.39. The molecule has 0 amide bonds. The van der Waals surface area contributed by atoms with E-state index in [1.807, 2.05) is 0 Å². The Kier molecular flexibility index (Phi) is 5.27. The maximum Gasteiger partial charge on any atom is 0.0480 e. The molecule has 1 saturated heterocycles. The molecule has 2 N–H and O–H groups in total. The molecule has 0 aromatic carbocycles. The molecule has 3 heteroatoms. The number of nitrogens with two attached hydrogens (primary N) is 1. The van der Waals surface area contributed by atoms with Gasteiger partial charge >= 0.3 is 0 Å². The highest BCUT2D eigenvalue weighted by Gasteiger charge is 2.46. The summed E-state index contributed by atoms with van der Waals surface area (Å²) in [5.74, 6) is 1.48. The van der Waals surface area contributed by atoms with E-state index in [4.69, 9.17) is 10.5 Å². The minimum atomic E-state index is 0.231. The van der Waals surface area contributed by atoms with Crippen LogP contribution in [0, 0.1) is 11.8 Å². The first kappa shape index (κ1) is 15.3. The van der Waals surface area contributed by atoms with Crippen LogP contribution in [0.15, 0.2) is 0 Å². The Hall–Kier alpha value is -0.120. The minimum Gasteiger partial charge on any atom is -0.381 e. The van der Waals surface area contributed by atoms with Gasteiger partial charge in [0.05, 0.1) is 0 Å². The largest absolute Gasteiger partial charge is 0.381 e. The van der Waals surface area contributed by atoms with Gasteiger partial charge in [-0.1, -0.05) is 26.7 Å². The highest BCUT2D eigenvalue weighted by molar-refractivity contribution is 5.02. The maximum atomic E-state index is 6.30. The van der Waals surface area contributed by atoms with Gasteiger partial charge in [-0.15, -0.1) is 0 Å². The van der Waals surface area contributed by atoms with Crippen LogP contribution in [-0.4, -0.2) is 43.3 Å². The molecular weight excluding hydrogens is 236 g/mol. The fraction of sp³-hybridized carbons (Fsp3) is 1.00. The van der Waals surface area contributed by atoms with Crippen molar-refractivity contribution in [3.8, 4) is 0 Å². The molecule has 1 saturated carbocycles. The first-order chi connectivity index (χ1) is 9.12. The molecule has 19 heavy (non-hydrogen) atoms. The quantitative estimate of drug-likeness (QED) is 0.852. The van der Waals surface area contributed by atoms with Gasteiger partial charge in [0, 0.05) is 31.3 Å². The molecule has 2 atom stereocenters. The van der Waals surface area contributed by atoms with Crippen molar-refractivity contribution < 1.29 is 4.74 Å². The van der Waals surface area contributed by atoms with Gasteiger partial charge in [-0.05, 0) is 44.6 Å². The second-order valence-corrected chi connectivity index (χ2v) is 6.86. The third-order valence-electron chi connectivity index (χ3n) is 5.66. The van der Waals surface area contributed by atoms with Crippen LogP contribution < -0.4 is 5.73 Å². The van der Waals surface area contributed by atoms with Gasteiger partial charge < -0.3 is 10.5 Å². The summed E-state index contributed by atoms with van der Waals surface area (Å²) in [5, 5.41) is 0. The smallest absolute Gasteiger partial charge is 0.0480 e. The van der Waals surface area contributed by atoms with Crippen molar-refractivity contribution in [3.63, 3.8) is 0 Å². The molecule has 2 unspecified atom stereocenters. The molecule has 1 heterocycles. The van der Waals surface area contributed by atoms with Crippen molar-refractivity contribution >= 4 is 0 Å². The molecule has 3 nitrogen and oxygen atoms in total. The Bertz CT molecular complexity index is 276. The van der Waals surface area contributed by atoms with Gasteiger partial charge in [-0.2, -0.15) is 0 Å². The number of hydrogen-bond donors (Lipinski definition) is 1. The second kappa shape index (κ2) is 6.55. The van der Waals surface area contributed by atoms with Crippen LogP contribution in [0.2, 0.25) is 0 Å². The van der Waals surface area contributed by atoms with Gasteiger partial charge in [0.1, 0.15) is 0 Å². The normalized spacial score (nSPS) is 34.1. The molecule has 2 fully saturated rings. The Labute approximate surface area is 118 Å². The van der Waals surface area contributed by atoms with E-state index in [2.05, 4.69) is 25.8 Å². The summed E-state index contributed by atoms with van der Waals surface area (Å²) in [4.78, 5) is 2.65. The summed E-state index contributed by atoms with van der Waals surface area (Å²) in [5.41, 5.74) is 6.53. The van der Waals surface area contributed by atoms with Gasteiger partial charge in [0.25, 0.3) is 0 Å². The molecule has 2 rings (SSSR count). The highest BCUT2D eigenvalue weighted by atomic mass is 16.5. The Morgan fingerprint density at radius 2 is 1.89 bits per heavy atom. The summed E-state index contributed by atoms with van der Waals surface area (Å²) >= 11 is 0. The van der Waals surface area contributed by atoms with Crippen LogP contribution in [0.25, 0.3) is 0 Å². The fourth-order valence-corrected chi connectivity index (χ4v) is 4.47. The van der Waals surface area contributed by atoms with Crippen molar-refractivity contribution in [2.45, 2.75) is 64.0 Å². The van der Waals surface area contributed by atoms with E-state index in [9.17, 15) is 0 Å². The molecule has 0 spiro atoms. The Morgan fingerprint density at radius 3 is 2.47 bits per heavy atom. The first-order valence-electron chi connectivity index (χ1n) is 8.12. The van der Waals surface area contributed by atoms with Crippen molar-refractivity contribution in [1.29, 1.82) is 0 Å². The van der Waals surface area contributed by atoms with Gasteiger partial charge in [0.15, 0.2) is 0 Å². The van der Waals surface area contributed by atoms with Gasteiger partial charge in [0.2, 0.25) is 0 Å². The number of ether oxygens (including phenoxy) is 1. The summed E-state index contributed by atoms with van der Waals surface area (Å²) in [6, 6.07) is 0.664. The molecule has 0 aromatic rings. The van der Waals surface area contributed by atoms with Crippen molar-refractivity contribution in [2.24, 2.45) is 17.6 Å². The molecule has 2 aliphatic rings. The number of rotatable bonds is 4. The SMILES string of the molecule is CC(C)C1CCCCC1(CN)N(C)C1CCOCC1. The van der Waals surface area contributed by atoms with Gasteiger partial charge in [-0.25, -0.2) is 0 Å². The van der Waals surface area contributed by atoms with E-state index in [0.29, 0.717) is 6.04 Å². The summed E-state index contributed by atoms with van der Waals surface area (Å²) in [7, 11) is 2.32. The van der Waals surface area contributed by atoms with Crippen LogP contribution in [0.1, 0.15) is 52.4 Å². The maximum absolute atomic E-state index is 6.30. The average Bonchev–Trinajstić information content (AvgIpc) is 2.47. The van der Waals surface area contributed by atoms with Crippen LogP contribution in [-0.2, 0) is 4.74 Å². The van der Waals surface area contributed by atoms with E-state index >= 15 is 0 Å². The van der Waals surface area contributed by atoms with E-state index in [1.54, 1.807) is 0 Å². The van der Waals surface area contributed by atoms with Crippen molar-refractivity contribution in [3.05, 3.63) is 0 Å². The first-order valence-corrected chi connectivity index (χ1v) is 8.12. The molecule has 1 aliphatic heterocycles. The molecule has 112 valence electrons. The van der Waals surface area contributed by atoms with E-state index in [0.717, 1.165) is 31.6 Å². The lowest BCUT2D eigenvalue weighted by atomic mass is 9.66. The highest BCUT2D eigenvalue weighted by Crippen LogP contribution is 2.43. The summed E-state index contributed by atoms with van der Waals surface area (Å²) < 4.78 is 5.52. The lowest BCUT2D eigenvalue weighted by Gasteiger charge is -2.54. The third kappa shape index (κ3) is 2.98. The molecule has 0 radical (unpaired) electrons. The minimum absolute atomic E-state index is 0.231. The predicted octanol–water partition coefficient (Wildman–Crippen LogP) is 2.64. The number of likely N-dealkylation sites (N-methyl/N-ethyl adjacent to an activating group) is 1. The zero-order valence-corrected chi connectivity index (χ0v) is 13.0. The molecule has 0 bridgehead atoms. The van der Waals surface area contributed by atoms with Gasteiger partial charge in [-0.3, -0.25) is 4.90 Å². The van der Waals surface area contributed by atoms with Crippen LogP contribution in [0.4, 0.5) is 0 Å².